The van der Waals surface area contributed by atoms with E-state index in [4.69, 9.17) is 4.74 Å². The van der Waals surface area contributed by atoms with Crippen LogP contribution in [0.1, 0.15) is 31.4 Å². The highest BCUT2D eigenvalue weighted by atomic mass is 16.6. The zero-order chi connectivity index (χ0) is 17.1. The average Bonchev–Trinajstić information content (AvgIpc) is 3.23. The number of ether oxygens (including phenoxy) is 1. The fraction of sp³-hybridized carbons (Fsp3) is 0.500. The topological polar surface area (TPSA) is 70.8 Å². The molecule has 1 heterocycles. The number of aliphatic hydroxyl groups excluding tert-OH is 1. The molecule has 2 aromatic rings. The second-order valence-electron chi connectivity index (χ2n) is 6.44. The highest BCUT2D eigenvalue weighted by Gasteiger charge is 2.25. The fourth-order valence-corrected chi connectivity index (χ4v) is 3.25. The van der Waals surface area contributed by atoms with E-state index in [1.165, 1.54) is 12.8 Å². The van der Waals surface area contributed by atoms with E-state index in [2.05, 4.69) is 4.98 Å². The first kappa shape index (κ1) is 17.0. The van der Waals surface area contributed by atoms with Crippen molar-refractivity contribution in [2.24, 2.45) is 7.05 Å². The number of rotatable bonds is 6. The summed E-state index contributed by atoms with van der Waals surface area (Å²) in [7, 11) is 3.81. The molecule has 1 aliphatic carbocycles. The van der Waals surface area contributed by atoms with Crippen LogP contribution in [0.3, 0.4) is 0 Å². The number of aryl methyl sites for hydroxylation is 1. The number of benzene rings is 1. The Balaban J connectivity index is 1.68. The molecule has 1 aromatic carbocycles. The van der Waals surface area contributed by atoms with Gasteiger partial charge in [-0.1, -0.05) is 12.8 Å². The van der Waals surface area contributed by atoms with Gasteiger partial charge in [0.2, 0.25) is 6.41 Å². The Morgan fingerprint density at radius 1 is 1.29 bits per heavy atom. The summed E-state index contributed by atoms with van der Waals surface area (Å²) in [6.45, 7) is 0.269. The molecule has 3 rings (SSSR count). The molecular weight excluding hydrogens is 306 g/mol. The first-order valence-corrected chi connectivity index (χ1v) is 8.37. The second kappa shape index (κ2) is 7.34. The number of hydrogen-bond donors (Lipinski definition) is 2. The van der Waals surface area contributed by atoms with Crippen molar-refractivity contribution in [3.05, 3.63) is 36.3 Å². The van der Waals surface area contributed by atoms with Gasteiger partial charge in [0.05, 0.1) is 24.3 Å². The second-order valence-corrected chi connectivity index (χ2v) is 6.44. The van der Waals surface area contributed by atoms with Gasteiger partial charge in [0, 0.05) is 18.7 Å². The standard InChI is InChI=1S/C18H25N3O3/c1-20-12-19-17(13-7-9-15(22)10-8-13)16(20)11-24-18(23)21(2)14-5-3-4-6-14/h7-10,12,14,18,22-23H,3-6,11H2,1-2H3. The number of phenols is 1. The van der Waals surface area contributed by atoms with Crippen LogP contribution in [0, 0.1) is 0 Å². The third-order valence-corrected chi connectivity index (χ3v) is 4.82. The molecule has 1 atom stereocenters. The van der Waals surface area contributed by atoms with E-state index in [9.17, 15) is 10.2 Å². The summed E-state index contributed by atoms with van der Waals surface area (Å²) in [4.78, 5) is 6.33. The smallest absolute Gasteiger partial charge is 0.216 e. The van der Waals surface area contributed by atoms with Gasteiger partial charge in [-0.15, -0.1) is 0 Å². The largest absolute Gasteiger partial charge is 0.508 e. The number of phenolic OH excluding ortho intramolecular Hbond substituents is 1. The SMILES string of the molecule is CN(C1CCCC1)C(O)OCc1c(-c2ccc(O)cc2)ncn1C. The maximum absolute atomic E-state index is 10.3. The van der Waals surface area contributed by atoms with Gasteiger partial charge in [0.15, 0.2) is 0 Å². The highest BCUT2D eigenvalue weighted by molar-refractivity contribution is 5.62. The molecule has 0 spiro atoms. The summed E-state index contributed by atoms with van der Waals surface area (Å²) in [6.07, 6.45) is 5.47. The Bertz CT molecular complexity index is 663. The number of hydrogen-bond acceptors (Lipinski definition) is 5. The molecule has 1 fully saturated rings. The molecule has 1 unspecified atom stereocenters. The van der Waals surface area contributed by atoms with Crippen molar-refractivity contribution >= 4 is 0 Å². The van der Waals surface area contributed by atoms with Crippen LogP contribution in [0.5, 0.6) is 5.75 Å². The summed E-state index contributed by atoms with van der Waals surface area (Å²) >= 11 is 0. The summed E-state index contributed by atoms with van der Waals surface area (Å²) in [5.41, 5.74) is 2.60. The number of nitrogens with zero attached hydrogens (tertiary/aromatic N) is 3. The predicted molar refractivity (Wildman–Crippen MR) is 91.1 cm³/mol. The summed E-state index contributed by atoms with van der Waals surface area (Å²) < 4.78 is 7.59. The lowest BCUT2D eigenvalue weighted by Crippen LogP contribution is -2.40. The van der Waals surface area contributed by atoms with E-state index in [0.29, 0.717) is 6.04 Å². The molecule has 0 radical (unpaired) electrons. The Morgan fingerprint density at radius 3 is 2.62 bits per heavy atom. The first-order chi connectivity index (χ1) is 11.6. The molecule has 6 nitrogen and oxygen atoms in total. The van der Waals surface area contributed by atoms with E-state index in [-0.39, 0.29) is 12.4 Å². The van der Waals surface area contributed by atoms with Crippen LogP contribution >= 0.6 is 0 Å². The van der Waals surface area contributed by atoms with Gasteiger partial charge in [-0.2, -0.15) is 0 Å². The van der Waals surface area contributed by atoms with E-state index in [1.54, 1.807) is 18.5 Å². The number of aliphatic hydroxyl groups is 1. The number of aromatic hydroxyl groups is 1. The minimum Gasteiger partial charge on any atom is -0.508 e. The van der Waals surface area contributed by atoms with Crippen molar-refractivity contribution in [1.29, 1.82) is 0 Å². The normalized spacial score (nSPS) is 16.8. The quantitative estimate of drug-likeness (QED) is 0.796. The Hall–Kier alpha value is -1.89. The molecule has 24 heavy (non-hydrogen) atoms. The van der Waals surface area contributed by atoms with Crippen LogP contribution in [0.4, 0.5) is 0 Å². The van der Waals surface area contributed by atoms with Crippen molar-refractivity contribution < 1.29 is 14.9 Å². The zero-order valence-electron chi connectivity index (χ0n) is 14.2. The minimum atomic E-state index is -0.921. The molecule has 0 saturated heterocycles. The van der Waals surface area contributed by atoms with Crippen LogP contribution in [-0.4, -0.2) is 44.2 Å². The molecule has 1 aliphatic rings. The molecule has 6 heteroatoms. The minimum absolute atomic E-state index is 0.223. The molecule has 0 bridgehead atoms. The fourth-order valence-electron chi connectivity index (χ4n) is 3.25. The molecule has 1 aromatic heterocycles. The van der Waals surface area contributed by atoms with Gasteiger partial charge in [0.1, 0.15) is 5.75 Å². The van der Waals surface area contributed by atoms with E-state index in [0.717, 1.165) is 29.8 Å². The first-order valence-electron chi connectivity index (χ1n) is 8.37. The van der Waals surface area contributed by atoms with Crippen LogP contribution in [0.25, 0.3) is 11.3 Å². The summed E-state index contributed by atoms with van der Waals surface area (Å²) in [5.74, 6) is 0.223. The lowest BCUT2D eigenvalue weighted by molar-refractivity contribution is -0.203. The number of imidazole rings is 1. The maximum atomic E-state index is 10.3. The van der Waals surface area contributed by atoms with Crippen molar-refractivity contribution in [3.63, 3.8) is 0 Å². The van der Waals surface area contributed by atoms with Crippen molar-refractivity contribution in [1.82, 2.24) is 14.5 Å². The Labute approximate surface area is 142 Å². The van der Waals surface area contributed by atoms with E-state index >= 15 is 0 Å². The third kappa shape index (κ3) is 3.61. The molecule has 0 amide bonds. The van der Waals surface area contributed by atoms with Gasteiger partial charge >= 0.3 is 0 Å². The molecule has 1 saturated carbocycles. The lowest BCUT2D eigenvalue weighted by atomic mass is 10.1. The van der Waals surface area contributed by atoms with Gasteiger partial charge in [-0.05, 0) is 44.2 Å². The Kier molecular flexibility index (Phi) is 5.18. The lowest BCUT2D eigenvalue weighted by Gasteiger charge is -2.28. The molecular formula is C18H25N3O3. The third-order valence-electron chi connectivity index (χ3n) is 4.82. The maximum Gasteiger partial charge on any atom is 0.216 e. The average molecular weight is 331 g/mol. The van der Waals surface area contributed by atoms with E-state index in [1.807, 2.05) is 35.7 Å². The number of aromatic nitrogens is 2. The van der Waals surface area contributed by atoms with Gasteiger partial charge < -0.3 is 19.5 Å². The Morgan fingerprint density at radius 2 is 1.96 bits per heavy atom. The van der Waals surface area contributed by atoms with Gasteiger partial charge in [-0.3, -0.25) is 4.90 Å². The van der Waals surface area contributed by atoms with Crippen molar-refractivity contribution in [3.8, 4) is 17.0 Å². The van der Waals surface area contributed by atoms with Gasteiger partial charge in [-0.25, -0.2) is 4.98 Å². The van der Waals surface area contributed by atoms with Crippen LogP contribution in [0.15, 0.2) is 30.6 Å². The van der Waals surface area contributed by atoms with E-state index < -0.39 is 6.41 Å². The van der Waals surface area contributed by atoms with Crippen molar-refractivity contribution in [2.75, 3.05) is 7.05 Å². The predicted octanol–water partition coefficient (Wildman–Crippen LogP) is 2.46. The van der Waals surface area contributed by atoms with Crippen LogP contribution < -0.4 is 0 Å². The zero-order valence-corrected chi connectivity index (χ0v) is 14.2. The summed E-state index contributed by atoms with van der Waals surface area (Å²) in [6, 6.07) is 7.31. The van der Waals surface area contributed by atoms with Crippen molar-refractivity contribution in [2.45, 2.75) is 44.7 Å². The molecule has 130 valence electrons. The van der Waals surface area contributed by atoms with Crippen LogP contribution in [0.2, 0.25) is 0 Å². The van der Waals surface area contributed by atoms with Gasteiger partial charge in [0.25, 0.3) is 0 Å². The summed E-state index contributed by atoms with van der Waals surface area (Å²) in [5, 5.41) is 19.7. The monoisotopic (exact) mass is 331 g/mol. The molecule has 0 aliphatic heterocycles. The molecule has 2 N–H and O–H groups in total. The van der Waals surface area contributed by atoms with Crippen LogP contribution in [-0.2, 0) is 18.4 Å². The highest BCUT2D eigenvalue weighted by Crippen LogP contribution is 2.26.